The SMILES string of the molecule is CC(C)(C)c1ccc2c(-c3ccc(-n4c5ccccc5c(=O)c5ccccc54)cc3)c3cc(C(C)(C)C)ccc3c(-c3ccc(-n4c5ccccc5c(=O)c5ccccc54)cc3)c2c1. The number of nitrogens with zero attached hydrogens (tertiary/aromatic N) is 2. The fourth-order valence-corrected chi connectivity index (χ4v) is 9.89. The Morgan fingerprint density at radius 1 is 0.312 bits per heavy atom. The van der Waals surface area contributed by atoms with Gasteiger partial charge in [-0.25, -0.2) is 0 Å². The summed E-state index contributed by atoms with van der Waals surface area (Å²) in [6, 6.07) is 63.5. The molecule has 0 amide bonds. The van der Waals surface area contributed by atoms with Crippen molar-refractivity contribution < 1.29 is 0 Å². The van der Waals surface area contributed by atoms with Crippen LogP contribution in [0.15, 0.2) is 192 Å². The number of para-hydroxylation sites is 4. The Balaban J connectivity index is 1.16. The maximum absolute atomic E-state index is 13.6. The third-order valence-electron chi connectivity index (χ3n) is 13.2. The zero-order valence-corrected chi connectivity index (χ0v) is 37.0. The fourth-order valence-electron chi connectivity index (χ4n) is 9.89. The average Bonchev–Trinajstić information content (AvgIpc) is 3.30. The van der Waals surface area contributed by atoms with Gasteiger partial charge in [-0.15, -0.1) is 0 Å². The number of pyridine rings is 2. The standard InChI is InChI=1S/C60H48N2O2/c1-59(2,3)39-27-33-43-49(35-39)55(37-23-29-41(30-24-37)61-51-19-11-7-15-45(51)57(63)46-16-8-12-20-52(46)61)44-34-28-40(60(4,5)6)36-50(44)56(43)38-25-31-42(32-26-38)62-53-21-13-9-17-47(53)58(64)48-18-10-14-22-54(48)62/h7-36H,1-6H3. The number of hydrogen-bond acceptors (Lipinski definition) is 2. The largest absolute Gasteiger partial charge is 0.309 e. The fraction of sp³-hybridized carbons (Fsp3) is 0.133. The van der Waals surface area contributed by atoms with Crippen LogP contribution in [0.25, 0.3) is 98.8 Å². The monoisotopic (exact) mass is 828 g/mol. The number of fused-ring (bicyclic) bond motifs is 6. The third-order valence-corrected chi connectivity index (χ3v) is 13.2. The van der Waals surface area contributed by atoms with Crippen molar-refractivity contribution in [3.63, 3.8) is 0 Å². The van der Waals surface area contributed by atoms with Gasteiger partial charge >= 0.3 is 0 Å². The lowest BCUT2D eigenvalue weighted by molar-refractivity contribution is 0.590. The van der Waals surface area contributed by atoms with Crippen LogP contribution in [0.5, 0.6) is 0 Å². The van der Waals surface area contributed by atoms with Crippen LogP contribution in [0.1, 0.15) is 52.7 Å². The second-order valence-corrected chi connectivity index (χ2v) is 19.3. The zero-order valence-electron chi connectivity index (χ0n) is 37.0. The molecule has 0 saturated carbocycles. The molecule has 0 bridgehead atoms. The van der Waals surface area contributed by atoms with Crippen molar-refractivity contribution in [3.8, 4) is 33.6 Å². The van der Waals surface area contributed by atoms with Crippen molar-refractivity contribution >= 4 is 65.2 Å². The van der Waals surface area contributed by atoms with Gasteiger partial charge in [0.15, 0.2) is 10.9 Å². The van der Waals surface area contributed by atoms with E-state index in [-0.39, 0.29) is 21.7 Å². The molecule has 0 atom stereocenters. The van der Waals surface area contributed by atoms with Gasteiger partial charge in [-0.05, 0) is 151 Å². The topological polar surface area (TPSA) is 44.0 Å². The molecule has 310 valence electrons. The number of hydrogen-bond donors (Lipinski definition) is 0. The Morgan fingerprint density at radius 2 is 0.609 bits per heavy atom. The Labute approximate surface area is 372 Å². The summed E-state index contributed by atoms with van der Waals surface area (Å²) in [6.07, 6.45) is 0. The first kappa shape index (κ1) is 39.3. The van der Waals surface area contributed by atoms with Crippen molar-refractivity contribution in [3.05, 3.63) is 214 Å². The first-order valence-electron chi connectivity index (χ1n) is 22.2. The van der Waals surface area contributed by atoms with E-state index in [0.29, 0.717) is 21.5 Å². The summed E-state index contributed by atoms with van der Waals surface area (Å²) >= 11 is 0. The Hall–Kier alpha value is -7.56. The predicted molar refractivity (Wildman–Crippen MR) is 271 cm³/mol. The molecule has 0 aliphatic carbocycles. The highest BCUT2D eigenvalue weighted by atomic mass is 16.1. The Kier molecular flexibility index (Phi) is 8.91. The van der Waals surface area contributed by atoms with Crippen LogP contribution in [0.3, 0.4) is 0 Å². The summed E-state index contributed by atoms with van der Waals surface area (Å²) in [5, 5.41) is 7.60. The van der Waals surface area contributed by atoms with Gasteiger partial charge < -0.3 is 9.13 Å². The van der Waals surface area contributed by atoms with Crippen molar-refractivity contribution in [2.75, 3.05) is 0 Å². The molecule has 9 aromatic carbocycles. The molecule has 0 saturated heterocycles. The van der Waals surface area contributed by atoms with Crippen LogP contribution in [0.2, 0.25) is 0 Å². The molecule has 0 spiro atoms. The quantitative estimate of drug-likeness (QED) is 0.166. The molecule has 2 aromatic heterocycles. The molecule has 64 heavy (non-hydrogen) atoms. The first-order valence-corrected chi connectivity index (χ1v) is 22.2. The zero-order chi connectivity index (χ0) is 44.1. The van der Waals surface area contributed by atoms with Crippen molar-refractivity contribution in [2.45, 2.75) is 52.4 Å². The lowest BCUT2D eigenvalue weighted by atomic mass is 9.79. The average molecular weight is 829 g/mol. The van der Waals surface area contributed by atoms with Gasteiger partial charge in [-0.2, -0.15) is 0 Å². The second-order valence-electron chi connectivity index (χ2n) is 19.3. The molecule has 0 unspecified atom stereocenters. The van der Waals surface area contributed by atoms with Crippen LogP contribution >= 0.6 is 0 Å². The molecular weight excluding hydrogens is 781 g/mol. The van der Waals surface area contributed by atoms with Crippen LogP contribution in [-0.2, 0) is 10.8 Å². The normalized spacial score (nSPS) is 12.3. The number of benzene rings is 9. The summed E-state index contributed by atoms with van der Waals surface area (Å²) in [6.45, 7) is 13.7. The van der Waals surface area contributed by atoms with Crippen LogP contribution in [0.4, 0.5) is 0 Å². The maximum Gasteiger partial charge on any atom is 0.197 e. The number of aromatic nitrogens is 2. The van der Waals surface area contributed by atoms with E-state index >= 15 is 0 Å². The minimum atomic E-state index is -0.0724. The molecule has 2 heterocycles. The van der Waals surface area contributed by atoms with Gasteiger partial charge in [0, 0.05) is 32.9 Å². The van der Waals surface area contributed by atoms with Gasteiger partial charge in [0.25, 0.3) is 0 Å². The summed E-state index contributed by atoms with van der Waals surface area (Å²) in [7, 11) is 0. The van der Waals surface area contributed by atoms with Crippen LogP contribution < -0.4 is 10.9 Å². The molecular formula is C60H48N2O2. The predicted octanol–water partition coefficient (Wildman–Crippen LogP) is 14.8. The van der Waals surface area contributed by atoms with Gasteiger partial charge in [0.1, 0.15) is 0 Å². The molecule has 0 fully saturated rings. The molecule has 4 nitrogen and oxygen atoms in total. The highest BCUT2D eigenvalue weighted by Crippen LogP contribution is 2.46. The summed E-state index contributed by atoms with van der Waals surface area (Å²) in [5.41, 5.74) is 12.7. The molecule has 0 aliphatic heterocycles. The van der Waals surface area contributed by atoms with Crippen LogP contribution in [-0.4, -0.2) is 9.13 Å². The smallest absolute Gasteiger partial charge is 0.197 e. The summed E-state index contributed by atoms with van der Waals surface area (Å²) in [4.78, 5) is 27.3. The van der Waals surface area contributed by atoms with Gasteiger partial charge in [-0.1, -0.05) is 139 Å². The van der Waals surface area contributed by atoms with E-state index < -0.39 is 0 Å². The first-order chi connectivity index (χ1) is 30.9. The molecule has 11 rings (SSSR count). The second kappa shape index (κ2) is 14.5. The molecule has 0 radical (unpaired) electrons. The van der Waals surface area contributed by atoms with E-state index in [9.17, 15) is 9.59 Å². The van der Waals surface area contributed by atoms with E-state index in [1.807, 2.05) is 97.1 Å². The highest BCUT2D eigenvalue weighted by molar-refractivity contribution is 6.21. The van der Waals surface area contributed by atoms with E-state index in [2.05, 4.69) is 136 Å². The van der Waals surface area contributed by atoms with E-state index in [4.69, 9.17) is 0 Å². The minimum Gasteiger partial charge on any atom is -0.309 e. The van der Waals surface area contributed by atoms with Gasteiger partial charge in [-0.3, -0.25) is 9.59 Å². The van der Waals surface area contributed by atoms with Crippen molar-refractivity contribution in [1.82, 2.24) is 9.13 Å². The summed E-state index contributed by atoms with van der Waals surface area (Å²) < 4.78 is 4.43. The lowest BCUT2D eigenvalue weighted by Gasteiger charge is -2.25. The highest BCUT2D eigenvalue weighted by Gasteiger charge is 2.23. The minimum absolute atomic E-state index is 0.0506. The van der Waals surface area contributed by atoms with E-state index in [1.54, 1.807) is 0 Å². The lowest BCUT2D eigenvalue weighted by Crippen LogP contribution is -2.11. The van der Waals surface area contributed by atoms with E-state index in [1.165, 1.54) is 43.8 Å². The molecule has 0 aliphatic rings. The molecule has 4 heteroatoms. The molecule has 0 N–H and O–H groups in total. The molecule has 11 aromatic rings. The Morgan fingerprint density at radius 3 is 0.906 bits per heavy atom. The van der Waals surface area contributed by atoms with Crippen molar-refractivity contribution in [2.24, 2.45) is 0 Å². The van der Waals surface area contributed by atoms with Crippen molar-refractivity contribution in [1.29, 1.82) is 0 Å². The maximum atomic E-state index is 13.6. The van der Waals surface area contributed by atoms with E-state index in [0.717, 1.165) is 44.6 Å². The van der Waals surface area contributed by atoms with Gasteiger partial charge in [0.2, 0.25) is 0 Å². The number of rotatable bonds is 4. The van der Waals surface area contributed by atoms with Gasteiger partial charge in [0.05, 0.1) is 22.1 Å². The third kappa shape index (κ3) is 6.19. The Bertz CT molecular complexity index is 3450. The van der Waals surface area contributed by atoms with Crippen LogP contribution in [0, 0.1) is 0 Å². The summed E-state index contributed by atoms with van der Waals surface area (Å²) in [5.74, 6) is 0.